The molecule has 3 rings (SSSR count). The normalized spacial score (nSPS) is 19.8. The molecule has 1 unspecified atom stereocenters. The van der Waals surface area contributed by atoms with Crippen LogP contribution in [0.25, 0.3) is 0 Å². The predicted octanol–water partition coefficient (Wildman–Crippen LogP) is 3.00. The largest absolute Gasteiger partial charge is 0.457 e. The van der Waals surface area contributed by atoms with Crippen LogP contribution in [-0.2, 0) is 0 Å². The van der Waals surface area contributed by atoms with Crippen molar-refractivity contribution in [1.29, 1.82) is 5.26 Å². The Balaban J connectivity index is 1.74. The number of carbonyl (C=O) groups is 1. The first-order chi connectivity index (χ1) is 11.2. The van der Waals surface area contributed by atoms with E-state index in [0.717, 1.165) is 5.75 Å². The molecule has 0 bridgehead atoms. The summed E-state index contributed by atoms with van der Waals surface area (Å²) in [5, 5.41) is 12.2. The van der Waals surface area contributed by atoms with E-state index < -0.39 is 5.54 Å². The molecule has 0 saturated carbocycles. The standard InChI is InChI=1S/C17H15N3O2S/c18-11-17(6-9-23-12-17)20-16(21)13-2-1-3-15(10-13)22-14-4-7-19-8-5-14/h1-5,7-8,10H,6,9,12H2,(H,20,21). The van der Waals surface area contributed by atoms with E-state index in [1.54, 1.807) is 60.6 Å². The van der Waals surface area contributed by atoms with Gasteiger partial charge in [-0.2, -0.15) is 17.0 Å². The molecule has 6 heteroatoms. The summed E-state index contributed by atoms with van der Waals surface area (Å²) in [5.41, 5.74) is -0.285. The minimum Gasteiger partial charge on any atom is -0.457 e. The second kappa shape index (κ2) is 6.71. The molecule has 1 aromatic carbocycles. The zero-order chi connectivity index (χ0) is 16.1. The second-order valence-corrected chi connectivity index (χ2v) is 6.37. The van der Waals surface area contributed by atoms with Crippen molar-refractivity contribution >= 4 is 17.7 Å². The molecule has 0 radical (unpaired) electrons. The first kappa shape index (κ1) is 15.4. The van der Waals surface area contributed by atoms with Crippen LogP contribution in [-0.4, -0.2) is 27.9 Å². The van der Waals surface area contributed by atoms with E-state index in [-0.39, 0.29) is 5.91 Å². The van der Waals surface area contributed by atoms with Gasteiger partial charge < -0.3 is 10.1 Å². The molecule has 1 aromatic heterocycles. The summed E-state index contributed by atoms with van der Waals surface area (Å²) in [6, 6.07) is 12.6. The van der Waals surface area contributed by atoms with Gasteiger partial charge in [0, 0.05) is 23.7 Å². The number of ether oxygens (including phenoxy) is 1. The lowest BCUT2D eigenvalue weighted by atomic mass is 10.0. The molecule has 2 heterocycles. The number of hydrogen-bond acceptors (Lipinski definition) is 5. The fourth-order valence-electron chi connectivity index (χ4n) is 2.31. The molecule has 1 amide bonds. The zero-order valence-electron chi connectivity index (χ0n) is 12.4. The summed E-state index contributed by atoms with van der Waals surface area (Å²) < 4.78 is 5.70. The van der Waals surface area contributed by atoms with Gasteiger partial charge in [0.25, 0.3) is 5.91 Å². The monoisotopic (exact) mass is 325 g/mol. The highest BCUT2D eigenvalue weighted by molar-refractivity contribution is 7.99. The van der Waals surface area contributed by atoms with Crippen molar-refractivity contribution in [1.82, 2.24) is 10.3 Å². The predicted molar refractivity (Wildman–Crippen MR) is 88.5 cm³/mol. The lowest BCUT2D eigenvalue weighted by Crippen LogP contribution is -2.47. The number of benzene rings is 1. The second-order valence-electron chi connectivity index (χ2n) is 5.26. The van der Waals surface area contributed by atoms with Gasteiger partial charge in [-0.3, -0.25) is 9.78 Å². The Kier molecular flexibility index (Phi) is 4.49. The molecule has 1 saturated heterocycles. The van der Waals surface area contributed by atoms with Gasteiger partial charge in [-0.15, -0.1) is 0 Å². The molecule has 1 fully saturated rings. The number of aromatic nitrogens is 1. The first-order valence-electron chi connectivity index (χ1n) is 7.20. The summed E-state index contributed by atoms with van der Waals surface area (Å²) in [7, 11) is 0. The van der Waals surface area contributed by atoms with Gasteiger partial charge in [-0.05, 0) is 42.5 Å². The van der Waals surface area contributed by atoms with Crippen molar-refractivity contribution < 1.29 is 9.53 Å². The number of nitriles is 1. The highest BCUT2D eigenvalue weighted by Gasteiger charge is 2.36. The fraction of sp³-hybridized carbons (Fsp3) is 0.235. The summed E-state index contributed by atoms with van der Waals surface area (Å²) >= 11 is 1.68. The zero-order valence-corrected chi connectivity index (χ0v) is 13.2. The lowest BCUT2D eigenvalue weighted by Gasteiger charge is -2.21. The average molecular weight is 325 g/mol. The molecular formula is C17H15N3O2S. The van der Waals surface area contributed by atoms with Crippen LogP contribution in [0, 0.1) is 11.3 Å². The van der Waals surface area contributed by atoms with E-state index in [0.29, 0.717) is 29.2 Å². The number of hydrogen-bond donors (Lipinski definition) is 1. The number of carbonyl (C=O) groups excluding carboxylic acids is 1. The summed E-state index contributed by atoms with van der Waals surface area (Å²) in [6.45, 7) is 0. The molecule has 5 nitrogen and oxygen atoms in total. The quantitative estimate of drug-likeness (QED) is 0.935. The van der Waals surface area contributed by atoms with Crippen LogP contribution in [0.1, 0.15) is 16.8 Å². The molecule has 0 spiro atoms. The van der Waals surface area contributed by atoms with Gasteiger partial charge in [0.05, 0.1) is 6.07 Å². The fourth-order valence-corrected chi connectivity index (χ4v) is 3.58. The number of pyridine rings is 1. The number of nitrogens with one attached hydrogen (secondary N) is 1. The topological polar surface area (TPSA) is 75.0 Å². The molecule has 0 aliphatic carbocycles. The molecule has 1 aliphatic heterocycles. The minimum absolute atomic E-state index is 0.255. The summed E-state index contributed by atoms with van der Waals surface area (Å²) in [6.07, 6.45) is 3.95. The van der Waals surface area contributed by atoms with E-state index >= 15 is 0 Å². The van der Waals surface area contributed by atoms with Crippen LogP contribution in [0.3, 0.4) is 0 Å². The van der Waals surface area contributed by atoms with E-state index in [9.17, 15) is 10.1 Å². The maximum absolute atomic E-state index is 12.4. The number of rotatable bonds is 4. The number of amides is 1. The Morgan fingerprint density at radius 2 is 2.13 bits per heavy atom. The lowest BCUT2D eigenvalue weighted by molar-refractivity contribution is 0.0926. The van der Waals surface area contributed by atoms with Crippen LogP contribution < -0.4 is 10.1 Å². The van der Waals surface area contributed by atoms with Crippen molar-refractivity contribution in [2.24, 2.45) is 0 Å². The molecule has 1 atom stereocenters. The number of thioether (sulfide) groups is 1. The molecule has 23 heavy (non-hydrogen) atoms. The van der Waals surface area contributed by atoms with E-state index in [1.165, 1.54) is 0 Å². The van der Waals surface area contributed by atoms with E-state index in [4.69, 9.17) is 4.74 Å². The van der Waals surface area contributed by atoms with Crippen LogP contribution in [0.5, 0.6) is 11.5 Å². The van der Waals surface area contributed by atoms with Gasteiger partial charge in [0.15, 0.2) is 0 Å². The van der Waals surface area contributed by atoms with Crippen LogP contribution in [0.15, 0.2) is 48.8 Å². The molecule has 116 valence electrons. The average Bonchev–Trinajstić information content (AvgIpc) is 3.05. The summed E-state index contributed by atoms with van der Waals surface area (Å²) in [5.74, 6) is 2.48. The van der Waals surface area contributed by atoms with Crippen LogP contribution >= 0.6 is 11.8 Å². The molecule has 1 N–H and O–H groups in total. The van der Waals surface area contributed by atoms with Crippen molar-refractivity contribution in [3.8, 4) is 17.6 Å². The SMILES string of the molecule is N#CC1(NC(=O)c2cccc(Oc3ccncc3)c2)CCSC1. The van der Waals surface area contributed by atoms with Gasteiger partial charge in [0.2, 0.25) is 0 Å². The van der Waals surface area contributed by atoms with Crippen LogP contribution in [0.4, 0.5) is 0 Å². The van der Waals surface area contributed by atoms with Gasteiger partial charge in [-0.1, -0.05) is 6.07 Å². The first-order valence-corrected chi connectivity index (χ1v) is 8.36. The number of nitrogens with zero attached hydrogens (tertiary/aromatic N) is 2. The Labute approximate surface area is 138 Å². The van der Waals surface area contributed by atoms with E-state index in [1.807, 2.05) is 0 Å². The van der Waals surface area contributed by atoms with Crippen molar-refractivity contribution in [2.45, 2.75) is 12.0 Å². The maximum atomic E-state index is 12.4. The van der Waals surface area contributed by atoms with E-state index in [2.05, 4.69) is 16.4 Å². The highest BCUT2D eigenvalue weighted by atomic mass is 32.2. The van der Waals surface area contributed by atoms with Crippen LogP contribution in [0.2, 0.25) is 0 Å². The molecule has 1 aliphatic rings. The highest BCUT2D eigenvalue weighted by Crippen LogP contribution is 2.28. The minimum atomic E-state index is -0.760. The van der Waals surface area contributed by atoms with Gasteiger partial charge in [0.1, 0.15) is 17.0 Å². The van der Waals surface area contributed by atoms with Crippen molar-refractivity contribution in [3.63, 3.8) is 0 Å². The van der Waals surface area contributed by atoms with Crippen molar-refractivity contribution in [3.05, 3.63) is 54.4 Å². The van der Waals surface area contributed by atoms with Gasteiger partial charge in [-0.25, -0.2) is 0 Å². The Hall–Kier alpha value is -2.52. The molecular weight excluding hydrogens is 310 g/mol. The summed E-state index contributed by atoms with van der Waals surface area (Å²) in [4.78, 5) is 16.4. The molecule has 2 aromatic rings. The third kappa shape index (κ3) is 3.63. The smallest absolute Gasteiger partial charge is 0.252 e. The Bertz CT molecular complexity index is 737. The van der Waals surface area contributed by atoms with Gasteiger partial charge >= 0.3 is 0 Å². The van der Waals surface area contributed by atoms with Crippen molar-refractivity contribution in [2.75, 3.05) is 11.5 Å². The third-order valence-corrected chi connectivity index (χ3v) is 4.76. The Morgan fingerprint density at radius 1 is 1.30 bits per heavy atom. The maximum Gasteiger partial charge on any atom is 0.252 e. The Morgan fingerprint density at radius 3 is 2.83 bits per heavy atom. The third-order valence-electron chi connectivity index (χ3n) is 3.57.